The third-order valence-electron chi connectivity index (χ3n) is 4.50. The van der Waals surface area contributed by atoms with Crippen LogP contribution in [0.2, 0.25) is 5.02 Å². The topological polar surface area (TPSA) is 67.9 Å². The van der Waals surface area contributed by atoms with Crippen LogP contribution >= 0.6 is 11.6 Å². The molecule has 28 heavy (non-hydrogen) atoms. The average molecular weight is 406 g/mol. The summed E-state index contributed by atoms with van der Waals surface area (Å²) in [6.07, 6.45) is 3.69. The Morgan fingerprint density at radius 2 is 2.00 bits per heavy atom. The van der Waals surface area contributed by atoms with Crippen LogP contribution in [0.3, 0.4) is 0 Å². The minimum absolute atomic E-state index is 0.0457. The van der Waals surface area contributed by atoms with Crippen LogP contribution in [0.5, 0.6) is 5.75 Å². The molecule has 146 valence electrons. The van der Waals surface area contributed by atoms with Crippen molar-refractivity contribution in [2.45, 2.75) is 19.1 Å². The van der Waals surface area contributed by atoms with E-state index in [0.29, 0.717) is 11.1 Å². The van der Waals surface area contributed by atoms with Crippen LogP contribution in [0, 0.1) is 0 Å². The number of nitrogens with zero attached hydrogens (tertiary/aromatic N) is 2. The molecule has 0 saturated carbocycles. The van der Waals surface area contributed by atoms with Crippen molar-refractivity contribution in [3.63, 3.8) is 0 Å². The van der Waals surface area contributed by atoms with E-state index < -0.39 is 12.2 Å². The van der Waals surface area contributed by atoms with Gasteiger partial charge in [-0.1, -0.05) is 54.1 Å². The zero-order chi connectivity index (χ0) is 20.5. The molecule has 1 heterocycles. The van der Waals surface area contributed by atoms with Gasteiger partial charge in [-0.25, -0.2) is 4.99 Å². The normalized spacial score (nSPS) is 19.6. The second kappa shape index (κ2) is 7.59. The summed E-state index contributed by atoms with van der Waals surface area (Å²) in [4.78, 5) is 19.0. The third-order valence-corrected chi connectivity index (χ3v) is 4.80. The molecule has 0 aliphatic carbocycles. The maximum absolute atomic E-state index is 13.3. The molecule has 1 atom stereocenters. The second-order valence-corrected chi connectivity index (χ2v) is 6.56. The van der Waals surface area contributed by atoms with Crippen molar-refractivity contribution in [3.05, 3.63) is 70.3 Å². The predicted molar refractivity (Wildman–Crippen MR) is 104 cm³/mol. The summed E-state index contributed by atoms with van der Waals surface area (Å²) < 4.78 is 29.5. The van der Waals surface area contributed by atoms with Crippen molar-refractivity contribution in [1.29, 1.82) is 0 Å². The van der Waals surface area contributed by atoms with E-state index in [0.717, 1.165) is 5.56 Å². The lowest BCUT2D eigenvalue weighted by Gasteiger charge is -2.28. The highest BCUT2D eigenvalue weighted by Crippen LogP contribution is 2.43. The highest BCUT2D eigenvalue weighted by Gasteiger charge is 2.50. The van der Waals surface area contributed by atoms with Gasteiger partial charge in [-0.05, 0) is 30.2 Å². The second-order valence-electron chi connectivity index (χ2n) is 6.16. The van der Waals surface area contributed by atoms with Crippen molar-refractivity contribution in [1.82, 2.24) is 4.90 Å². The molecule has 0 fully saturated rings. The highest BCUT2D eigenvalue weighted by molar-refractivity contribution is 6.32. The number of aliphatic imine (C=N–C) groups is 1. The summed E-state index contributed by atoms with van der Waals surface area (Å²) in [5.74, 6) is -0.516. The zero-order valence-electron chi connectivity index (χ0n) is 15.2. The SMILES string of the molecule is CC=Cc1ccccc1C1(c2ccc(OC(F)F)c(Cl)c2)N=C(N)N(C)C1=O. The number of hydrogen-bond donors (Lipinski definition) is 1. The third kappa shape index (κ3) is 3.22. The minimum atomic E-state index is -3.01. The van der Waals surface area contributed by atoms with Crippen LogP contribution in [-0.4, -0.2) is 30.4 Å². The van der Waals surface area contributed by atoms with Gasteiger partial charge in [0.2, 0.25) is 0 Å². The molecule has 2 N–H and O–H groups in total. The Balaban J connectivity index is 2.27. The summed E-state index contributed by atoms with van der Waals surface area (Å²) >= 11 is 6.15. The largest absolute Gasteiger partial charge is 0.433 e. The van der Waals surface area contributed by atoms with Crippen molar-refractivity contribution < 1.29 is 18.3 Å². The first-order valence-corrected chi connectivity index (χ1v) is 8.79. The molecule has 1 unspecified atom stereocenters. The van der Waals surface area contributed by atoms with Gasteiger partial charge >= 0.3 is 6.61 Å². The average Bonchev–Trinajstić information content (AvgIpc) is 2.89. The summed E-state index contributed by atoms with van der Waals surface area (Å²) in [6, 6.07) is 11.4. The molecule has 1 aliphatic rings. The number of guanidine groups is 1. The van der Waals surface area contributed by atoms with E-state index in [2.05, 4.69) is 9.73 Å². The molecule has 5 nitrogen and oxygen atoms in total. The fraction of sp³-hybridized carbons (Fsp3) is 0.200. The number of carbonyl (C=O) groups excluding carboxylic acids is 1. The molecule has 0 radical (unpaired) electrons. The van der Waals surface area contributed by atoms with E-state index in [4.69, 9.17) is 17.3 Å². The van der Waals surface area contributed by atoms with E-state index in [1.807, 2.05) is 31.2 Å². The molecule has 1 amide bonds. The molecule has 2 aromatic rings. The lowest BCUT2D eigenvalue weighted by Crippen LogP contribution is -2.41. The number of nitrogens with two attached hydrogens (primary N) is 1. The number of amides is 1. The Hall–Kier alpha value is -2.93. The van der Waals surface area contributed by atoms with E-state index in [1.165, 1.54) is 30.1 Å². The molecular formula is C20H18ClF2N3O2. The first-order valence-electron chi connectivity index (χ1n) is 8.41. The van der Waals surface area contributed by atoms with Crippen LogP contribution in [0.15, 0.2) is 53.5 Å². The van der Waals surface area contributed by atoms with Crippen LogP contribution in [0.25, 0.3) is 6.08 Å². The smallest absolute Gasteiger partial charge is 0.387 e. The number of halogens is 3. The number of hydrogen-bond acceptors (Lipinski definition) is 4. The van der Waals surface area contributed by atoms with Crippen LogP contribution in [0.4, 0.5) is 8.78 Å². The molecule has 2 aromatic carbocycles. The molecule has 0 bridgehead atoms. The fourth-order valence-electron chi connectivity index (χ4n) is 3.23. The van der Waals surface area contributed by atoms with Crippen LogP contribution in [-0.2, 0) is 10.3 Å². The number of carbonyl (C=O) groups is 1. The Bertz CT molecular complexity index is 978. The Morgan fingerprint density at radius 1 is 1.29 bits per heavy atom. The Labute approximate surface area is 166 Å². The lowest BCUT2D eigenvalue weighted by molar-refractivity contribution is -0.129. The van der Waals surface area contributed by atoms with Gasteiger partial charge < -0.3 is 10.5 Å². The first-order chi connectivity index (χ1) is 13.3. The molecule has 0 saturated heterocycles. The monoisotopic (exact) mass is 405 g/mol. The minimum Gasteiger partial charge on any atom is -0.433 e. The fourth-order valence-corrected chi connectivity index (χ4v) is 3.45. The van der Waals surface area contributed by atoms with E-state index in [-0.39, 0.29) is 22.6 Å². The quantitative estimate of drug-likeness (QED) is 0.817. The standard InChI is InChI=1S/C20H18ClF2N3O2/c1-3-6-12-7-4-5-8-14(12)20(17(27)26(2)19(24)25-20)13-9-10-16(15(21)11-13)28-18(22)23/h3-11,18H,1-2H3,(H2,24,25). The van der Waals surface area contributed by atoms with Crippen LogP contribution in [0.1, 0.15) is 23.6 Å². The maximum Gasteiger partial charge on any atom is 0.387 e. The van der Waals surface area contributed by atoms with E-state index >= 15 is 0 Å². The van der Waals surface area contributed by atoms with Crippen molar-refractivity contribution in [2.24, 2.45) is 10.7 Å². The summed E-state index contributed by atoms with van der Waals surface area (Å²) in [5, 5.41) is -0.0585. The lowest BCUT2D eigenvalue weighted by atomic mass is 9.80. The zero-order valence-corrected chi connectivity index (χ0v) is 16.0. The number of likely N-dealkylation sites (N-methyl/N-ethyl adjacent to an activating group) is 1. The van der Waals surface area contributed by atoms with Crippen LogP contribution < -0.4 is 10.5 Å². The van der Waals surface area contributed by atoms with Gasteiger partial charge in [0.05, 0.1) is 5.02 Å². The maximum atomic E-state index is 13.3. The number of rotatable bonds is 5. The number of alkyl halides is 2. The van der Waals surface area contributed by atoms with E-state index in [9.17, 15) is 13.6 Å². The van der Waals surface area contributed by atoms with Gasteiger partial charge in [-0.15, -0.1) is 0 Å². The molecule has 0 spiro atoms. The summed E-state index contributed by atoms with van der Waals surface area (Å²) in [7, 11) is 1.52. The van der Waals surface area contributed by atoms with Crippen molar-refractivity contribution >= 4 is 29.5 Å². The number of allylic oxidation sites excluding steroid dienone is 1. The highest BCUT2D eigenvalue weighted by atomic mass is 35.5. The molecule has 1 aliphatic heterocycles. The molecular weight excluding hydrogens is 388 g/mol. The van der Waals surface area contributed by atoms with Gasteiger partial charge in [-0.3, -0.25) is 9.69 Å². The van der Waals surface area contributed by atoms with Gasteiger partial charge in [0.25, 0.3) is 5.91 Å². The van der Waals surface area contributed by atoms with Gasteiger partial charge in [-0.2, -0.15) is 8.78 Å². The van der Waals surface area contributed by atoms with Gasteiger partial charge in [0.1, 0.15) is 5.75 Å². The molecule has 3 rings (SSSR count). The van der Waals surface area contributed by atoms with Gasteiger partial charge in [0, 0.05) is 12.6 Å². The summed E-state index contributed by atoms with van der Waals surface area (Å²) in [5.41, 5.74) is 6.24. The van der Waals surface area contributed by atoms with Crippen molar-refractivity contribution in [3.8, 4) is 5.75 Å². The Kier molecular flexibility index (Phi) is 5.38. The van der Waals surface area contributed by atoms with Crippen molar-refractivity contribution in [2.75, 3.05) is 7.05 Å². The molecule has 0 aromatic heterocycles. The Morgan fingerprint density at radius 3 is 2.57 bits per heavy atom. The first kappa shape index (κ1) is 19.8. The summed E-state index contributed by atoms with van der Waals surface area (Å²) in [6.45, 7) is -1.16. The molecule has 8 heteroatoms. The predicted octanol–water partition coefficient (Wildman–Crippen LogP) is 4.00. The number of benzene rings is 2. The van der Waals surface area contributed by atoms with Gasteiger partial charge in [0.15, 0.2) is 11.5 Å². The van der Waals surface area contributed by atoms with E-state index in [1.54, 1.807) is 12.1 Å². The number of ether oxygens (including phenoxy) is 1.